The molecule has 1 saturated heterocycles. The fraction of sp³-hybridized carbons (Fsp3) is 0.190. The van der Waals surface area contributed by atoms with Gasteiger partial charge in [0.2, 0.25) is 0 Å². The molecule has 2 heterocycles. The van der Waals surface area contributed by atoms with Crippen LogP contribution in [0.1, 0.15) is 12.8 Å². The molecule has 1 fully saturated rings. The van der Waals surface area contributed by atoms with E-state index in [-0.39, 0.29) is 4.90 Å². The molecule has 28 heavy (non-hydrogen) atoms. The third kappa shape index (κ3) is 4.05. The van der Waals surface area contributed by atoms with Gasteiger partial charge in [0.1, 0.15) is 0 Å². The lowest BCUT2D eigenvalue weighted by Crippen LogP contribution is -2.21. The summed E-state index contributed by atoms with van der Waals surface area (Å²) in [6.45, 7) is 1.86. The second-order valence-electron chi connectivity index (χ2n) is 6.73. The zero-order valence-corrected chi connectivity index (χ0v) is 17.6. The summed E-state index contributed by atoms with van der Waals surface area (Å²) in [5, 5.41) is 0. The van der Waals surface area contributed by atoms with E-state index in [2.05, 4.69) is 30.5 Å². The number of sulfonamides is 1. The number of anilines is 2. The number of hydrogen-bond acceptors (Lipinski definition) is 4. The molecule has 4 rings (SSSR count). The molecule has 144 valence electrons. The van der Waals surface area contributed by atoms with Crippen molar-refractivity contribution in [2.45, 2.75) is 17.7 Å². The van der Waals surface area contributed by atoms with Gasteiger partial charge in [0.05, 0.1) is 16.3 Å². The Morgan fingerprint density at radius 2 is 1.71 bits per heavy atom. The van der Waals surface area contributed by atoms with E-state index in [9.17, 15) is 8.42 Å². The van der Waals surface area contributed by atoms with Crippen molar-refractivity contribution in [1.82, 2.24) is 4.98 Å². The molecule has 2 aromatic carbocycles. The van der Waals surface area contributed by atoms with Crippen LogP contribution in [0.5, 0.6) is 0 Å². The highest BCUT2D eigenvalue weighted by Gasteiger charge is 2.21. The van der Waals surface area contributed by atoms with Crippen LogP contribution >= 0.6 is 15.9 Å². The Labute approximate surface area is 173 Å². The summed E-state index contributed by atoms with van der Waals surface area (Å²) in [5.74, 6) is 0. The van der Waals surface area contributed by atoms with Crippen LogP contribution in [0.2, 0.25) is 0 Å². The molecular formula is C21H20BrN3O2S. The highest BCUT2D eigenvalue weighted by Crippen LogP contribution is 2.34. The molecule has 1 aliphatic heterocycles. The van der Waals surface area contributed by atoms with Crippen LogP contribution in [0.15, 0.2) is 76.4 Å². The van der Waals surface area contributed by atoms with Crippen LogP contribution < -0.4 is 9.62 Å². The van der Waals surface area contributed by atoms with Crippen molar-refractivity contribution in [3.05, 3.63) is 71.5 Å². The average Bonchev–Trinajstić information content (AvgIpc) is 3.23. The largest absolute Gasteiger partial charge is 0.370 e. The molecule has 7 heteroatoms. The van der Waals surface area contributed by atoms with Crippen LogP contribution in [-0.2, 0) is 10.0 Å². The lowest BCUT2D eigenvalue weighted by atomic mass is 10.1. The minimum Gasteiger partial charge on any atom is -0.370 e. The molecule has 1 aromatic heterocycles. The van der Waals surface area contributed by atoms with E-state index >= 15 is 0 Å². The summed E-state index contributed by atoms with van der Waals surface area (Å²) in [7, 11) is -3.69. The van der Waals surface area contributed by atoms with Crippen molar-refractivity contribution < 1.29 is 8.42 Å². The van der Waals surface area contributed by atoms with Crippen LogP contribution in [0.4, 0.5) is 11.4 Å². The third-order valence-electron chi connectivity index (χ3n) is 4.81. The van der Waals surface area contributed by atoms with Crippen LogP contribution in [-0.4, -0.2) is 26.5 Å². The molecule has 0 aliphatic carbocycles. The minimum absolute atomic E-state index is 0.231. The number of halogens is 1. The van der Waals surface area contributed by atoms with Gasteiger partial charge in [-0.05, 0) is 60.9 Å². The van der Waals surface area contributed by atoms with Gasteiger partial charge in [0, 0.05) is 35.5 Å². The molecule has 0 spiro atoms. The van der Waals surface area contributed by atoms with Crippen molar-refractivity contribution >= 4 is 37.3 Å². The van der Waals surface area contributed by atoms with E-state index in [0.29, 0.717) is 5.69 Å². The first-order chi connectivity index (χ1) is 13.5. The first kappa shape index (κ1) is 19.0. The average molecular weight is 458 g/mol. The Balaban J connectivity index is 1.75. The van der Waals surface area contributed by atoms with Crippen molar-refractivity contribution in [1.29, 1.82) is 0 Å². The molecule has 5 nitrogen and oxygen atoms in total. The SMILES string of the molecule is O=S(=O)(Nc1cc(-c2cccnc2)ccc1N1CCCC1)c1ccc(Br)cc1. The molecule has 0 radical (unpaired) electrons. The maximum Gasteiger partial charge on any atom is 0.261 e. The normalized spacial score (nSPS) is 14.2. The highest BCUT2D eigenvalue weighted by atomic mass is 79.9. The maximum atomic E-state index is 13.0. The van der Waals surface area contributed by atoms with Crippen molar-refractivity contribution in [2.75, 3.05) is 22.7 Å². The van der Waals surface area contributed by atoms with Gasteiger partial charge >= 0.3 is 0 Å². The first-order valence-corrected chi connectivity index (χ1v) is 11.4. The number of benzene rings is 2. The zero-order valence-electron chi connectivity index (χ0n) is 15.2. The second-order valence-corrected chi connectivity index (χ2v) is 9.33. The van der Waals surface area contributed by atoms with Crippen LogP contribution in [0, 0.1) is 0 Å². The van der Waals surface area contributed by atoms with Gasteiger partial charge in [-0.2, -0.15) is 0 Å². The number of nitrogens with zero attached hydrogens (tertiary/aromatic N) is 2. The predicted molar refractivity (Wildman–Crippen MR) is 116 cm³/mol. The second kappa shape index (κ2) is 7.93. The molecule has 0 bridgehead atoms. The Morgan fingerprint density at radius 3 is 2.39 bits per heavy atom. The Morgan fingerprint density at radius 1 is 0.964 bits per heavy atom. The number of rotatable bonds is 5. The molecule has 0 unspecified atom stereocenters. The van der Waals surface area contributed by atoms with Gasteiger partial charge in [-0.15, -0.1) is 0 Å². The third-order valence-corrected chi connectivity index (χ3v) is 6.72. The fourth-order valence-electron chi connectivity index (χ4n) is 3.38. The molecule has 0 atom stereocenters. The van der Waals surface area contributed by atoms with Gasteiger partial charge in [0.25, 0.3) is 10.0 Å². The molecule has 1 N–H and O–H groups in total. The lowest BCUT2D eigenvalue weighted by Gasteiger charge is -2.23. The molecule has 0 amide bonds. The summed E-state index contributed by atoms with van der Waals surface area (Å²) in [6.07, 6.45) is 5.73. The summed E-state index contributed by atoms with van der Waals surface area (Å²) < 4.78 is 29.6. The fourth-order valence-corrected chi connectivity index (χ4v) is 4.71. The minimum atomic E-state index is -3.69. The highest BCUT2D eigenvalue weighted by molar-refractivity contribution is 9.10. The molecule has 3 aromatic rings. The molecular weight excluding hydrogens is 438 g/mol. The predicted octanol–water partition coefficient (Wildman–Crippen LogP) is 4.91. The van der Waals surface area contributed by atoms with E-state index in [1.165, 1.54) is 0 Å². The number of pyridine rings is 1. The topological polar surface area (TPSA) is 62.3 Å². The van der Waals surface area contributed by atoms with Crippen molar-refractivity contribution in [2.24, 2.45) is 0 Å². The number of hydrogen-bond donors (Lipinski definition) is 1. The van der Waals surface area contributed by atoms with E-state index in [1.54, 1.807) is 36.7 Å². The number of aromatic nitrogens is 1. The van der Waals surface area contributed by atoms with Crippen LogP contribution in [0.25, 0.3) is 11.1 Å². The number of nitrogens with one attached hydrogen (secondary N) is 1. The van der Waals surface area contributed by atoms with Crippen molar-refractivity contribution in [3.63, 3.8) is 0 Å². The van der Waals surface area contributed by atoms with E-state index in [1.807, 2.05) is 30.3 Å². The monoisotopic (exact) mass is 457 g/mol. The van der Waals surface area contributed by atoms with E-state index in [0.717, 1.165) is 47.2 Å². The van der Waals surface area contributed by atoms with E-state index < -0.39 is 10.0 Å². The summed E-state index contributed by atoms with van der Waals surface area (Å²) in [5.41, 5.74) is 3.36. The quantitative estimate of drug-likeness (QED) is 0.590. The van der Waals surface area contributed by atoms with Gasteiger partial charge in [-0.1, -0.05) is 28.1 Å². The lowest BCUT2D eigenvalue weighted by molar-refractivity contribution is 0.601. The van der Waals surface area contributed by atoms with Gasteiger partial charge < -0.3 is 4.90 Å². The summed E-state index contributed by atoms with van der Waals surface area (Å²) in [6, 6.07) is 16.4. The molecule has 0 saturated carbocycles. The zero-order chi connectivity index (χ0) is 19.6. The smallest absolute Gasteiger partial charge is 0.261 e. The maximum absolute atomic E-state index is 13.0. The summed E-state index contributed by atoms with van der Waals surface area (Å²) >= 11 is 3.34. The Bertz CT molecular complexity index is 1060. The Hall–Kier alpha value is -2.38. The first-order valence-electron chi connectivity index (χ1n) is 9.11. The van der Waals surface area contributed by atoms with E-state index in [4.69, 9.17) is 0 Å². The summed E-state index contributed by atoms with van der Waals surface area (Å²) in [4.78, 5) is 6.63. The standard InChI is InChI=1S/C21H20BrN3O2S/c22-18-6-8-19(9-7-18)28(26,27)24-20-14-16(17-4-3-11-23-15-17)5-10-21(20)25-12-1-2-13-25/h3-11,14-15,24H,1-2,12-13H2. The van der Waals surface area contributed by atoms with Crippen LogP contribution in [0.3, 0.4) is 0 Å². The van der Waals surface area contributed by atoms with Gasteiger partial charge in [0.15, 0.2) is 0 Å². The van der Waals surface area contributed by atoms with Crippen molar-refractivity contribution in [3.8, 4) is 11.1 Å². The van der Waals surface area contributed by atoms with Gasteiger partial charge in [-0.25, -0.2) is 8.42 Å². The van der Waals surface area contributed by atoms with Gasteiger partial charge in [-0.3, -0.25) is 9.71 Å². The Kier molecular flexibility index (Phi) is 5.37. The molecule has 1 aliphatic rings.